The number of ether oxygens (including phenoxy) is 3. The zero-order chi connectivity index (χ0) is 10.7. The second-order valence-electron chi connectivity index (χ2n) is 2.30. The van der Waals surface area contributed by atoms with Crippen LogP contribution in [0.25, 0.3) is 0 Å². The van der Waals surface area contributed by atoms with Gasteiger partial charge in [0.1, 0.15) is 4.47 Å². The third-order valence-corrected chi connectivity index (χ3v) is 2.12. The van der Waals surface area contributed by atoms with Gasteiger partial charge in [0.2, 0.25) is 0 Å². The molecule has 0 fully saturated rings. The van der Waals surface area contributed by atoms with Crippen molar-refractivity contribution in [2.75, 3.05) is 21.3 Å². The number of rotatable bonds is 3. The van der Waals surface area contributed by atoms with Crippen LogP contribution in [0.1, 0.15) is 0 Å². The molecule has 0 atom stereocenters. The van der Waals surface area contributed by atoms with E-state index in [1.54, 1.807) is 0 Å². The van der Waals surface area contributed by atoms with E-state index in [0.29, 0.717) is 15.0 Å². The van der Waals surface area contributed by atoms with E-state index in [4.69, 9.17) is 14.2 Å². The van der Waals surface area contributed by atoms with E-state index < -0.39 is 0 Å². The number of nitrogens with zero attached hydrogens (tertiary/aromatic N) is 1. The van der Waals surface area contributed by atoms with Crippen molar-refractivity contribution < 1.29 is 18.9 Å². The average Bonchev–Trinajstić information content (AvgIpc) is 2.16. The van der Waals surface area contributed by atoms with Crippen LogP contribution < -0.4 is 18.9 Å². The molecule has 0 N–H and O–H groups in total. The Bertz CT molecular complexity index is 314. The maximum absolute atomic E-state index is 11.3. The quantitative estimate of drug-likeness (QED) is 0.600. The maximum Gasteiger partial charge on any atom is 0.427 e. The first-order chi connectivity index (χ1) is 6.65. The molecule has 1 rings (SSSR count). The lowest BCUT2D eigenvalue weighted by atomic mass is 10.4. The first-order valence-corrected chi connectivity index (χ1v) is 4.45. The Morgan fingerprint density at radius 3 is 2.14 bits per heavy atom. The van der Waals surface area contributed by atoms with Gasteiger partial charge in [-0.2, -0.15) is 0 Å². The molecule has 0 aliphatic rings. The summed E-state index contributed by atoms with van der Waals surface area (Å²) >= 11 is 3.13. The standard InChI is InChI=1S/C8H9BrNO4/c1-12-6-5(9)4-10(11)8(14-3)7(6)13-2/h1-3H3. The Morgan fingerprint density at radius 2 is 1.71 bits per heavy atom. The summed E-state index contributed by atoms with van der Waals surface area (Å²) < 4.78 is 15.7. The van der Waals surface area contributed by atoms with Crippen LogP contribution >= 0.6 is 15.9 Å². The molecule has 0 aromatic carbocycles. The molecule has 0 bridgehead atoms. The van der Waals surface area contributed by atoms with Gasteiger partial charge in [0.05, 0.1) is 21.3 Å². The highest BCUT2D eigenvalue weighted by Gasteiger charge is 2.24. The minimum atomic E-state index is 0.00699. The van der Waals surface area contributed by atoms with E-state index in [1.165, 1.54) is 21.3 Å². The van der Waals surface area contributed by atoms with E-state index >= 15 is 0 Å². The molecule has 0 spiro atoms. The second kappa shape index (κ2) is 4.36. The Hall–Kier alpha value is -1.17. The molecule has 0 unspecified atom stereocenters. The summed E-state index contributed by atoms with van der Waals surface area (Å²) in [6.07, 6.45) is 2.43. The first kappa shape index (κ1) is 10.9. The average molecular weight is 263 g/mol. The Labute approximate surface area is 89.9 Å². The minimum Gasteiger partial charge on any atom is -0.615 e. The number of hydrogen-bond donors (Lipinski definition) is 0. The topological polar surface area (TPSA) is 54.6 Å². The summed E-state index contributed by atoms with van der Waals surface area (Å²) in [6, 6.07) is 0. The van der Waals surface area contributed by atoms with Crippen molar-refractivity contribution in [1.29, 1.82) is 0 Å². The first-order valence-electron chi connectivity index (χ1n) is 3.66. The van der Waals surface area contributed by atoms with Gasteiger partial charge in [-0.3, -0.25) is 0 Å². The van der Waals surface area contributed by atoms with E-state index in [1.807, 2.05) is 0 Å². The van der Waals surface area contributed by atoms with Crippen LogP contribution in [0.15, 0.2) is 4.47 Å². The Balaban J connectivity index is 3.43. The van der Waals surface area contributed by atoms with Gasteiger partial charge in [0, 0.05) is 0 Å². The van der Waals surface area contributed by atoms with Crippen molar-refractivity contribution in [3.63, 3.8) is 0 Å². The number of aromatic nitrogens is 1. The summed E-state index contributed by atoms with van der Waals surface area (Å²) in [5.74, 6) is 0.611. The van der Waals surface area contributed by atoms with Crippen LogP contribution in [-0.4, -0.2) is 21.3 Å². The smallest absolute Gasteiger partial charge is 0.427 e. The van der Waals surface area contributed by atoms with Crippen LogP contribution in [0.2, 0.25) is 0 Å². The largest absolute Gasteiger partial charge is 0.615 e. The fourth-order valence-electron chi connectivity index (χ4n) is 1.02. The minimum absolute atomic E-state index is 0.00699. The monoisotopic (exact) mass is 262 g/mol. The third kappa shape index (κ3) is 1.70. The molecule has 77 valence electrons. The molecule has 0 amide bonds. The highest BCUT2D eigenvalue weighted by atomic mass is 79.9. The highest BCUT2D eigenvalue weighted by Crippen LogP contribution is 2.38. The molecular weight excluding hydrogens is 254 g/mol. The van der Waals surface area contributed by atoms with E-state index in [-0.39, 0.29) is 11.6 Å². The predicted octanol–water partition coefficient (Wildman–Crippen LogP) is 0.908. The molecule has 0 aliphatic heterocycles. The zero-order valence-corrected chi connectivity index (χ0v) is 9.54. The van der Waals surface area contributed by atoms with E-state index in [9.17, 15) is 5.21 Å². The molecular formula is C8H9BrNO4. The fraction of sp³-hybridized carbons (Fsp3) is 0.375. The van der Waals surface area contributed by atoms with E-state index in [2.05, 4.69) is 22.1 Å². The summed E-state index contributed by atoms with van der Waals surface area (Å²) in [6.45, 7) is 0. The fourth-order valence-corrected chi connectivity index (χ4v) is 1.52. The van der Waals surface area contributed by atoms with Crippen molar-refractivity contribution in [3.8, 4) is 17.4 Å². The van der Waals surface area contributed by atoms with Crippen molar-refractivity contribution in [1.82, 2.24) is 0 Å². The van der Waals surface area contributed by atoms with Crippen LogP contribution in [0, 0.1) is 11.4 Å². The van der Waals surface area contributed by atoms with Gasteiger partial charge in [-0.15, -0.1) is 4.73 Å². The molecule has 0 saturated heterocycles. The summed E-state index contributed by atoms with van der Waals surface area (Å²) in [5.41, 5.74) is 0. The molecule has 1 aromatic rings. The van der Waals surface area contributed by atoms with Gasteiger partial charge >= 0.3 is 12.1 Å². The lowest BCUT2D eigenvalue weighted by Gasteiger charge is -2.11. The zero-order valence-electron chi connectivity index (χ0n) is 7.96. The van der Waals surface area contributed by atoms with Gasteiger partial charge in [0.15, 0.2) is 5.75 Å². The number of methoxy groups -OCH3 is 3. The Morgan fingerprint density at radius 1 is 1.14 bits per heavy atom. The lowest BCUT2D eigenvalue weighted by molar-refractivity contribution is -0.617. The molecule has 1 heterocycles. The summed E-state index contributed by atoms with van der Waals surface area (Å²) in [5, 5.41) is 11.3. The van der Waals surface area contributed by atoms with Crippen LogP contribution in [0.4, 0.5) is 0 Å². The molecule has 6 heteroatoms. The van der Waals surface area contributed by atoms with Crippen molar-refractivity contribution in [3.05, 3.63) is 15.9 Å². The molecule has 0 aliphatic carbocycles. The normalized spacial score (nSPS) is 9.71. The number of pyridine rings is 1. The van der Waals surface area contributed by atoms with Crippen LogP contribution in [0.5, 0.6) is 17.4 Å². The van der Waals surface area contributed by atoms with Crippen molar-refractivity contribution in [2.24, 2.45) is 0 Å². The maximum atomic E-state index is 11.3. The SMILES string of the molecule is COc1c(Br)[c][n+]([O-])c(OC)c1OC. The highest BCUT2D eigenvalue weighted by molar-refractivity contribution is 9.10. The molecule has 1 aromatic heterocycles. The summed E-state index contributed by atoms with van der Waals surface area (Å²) in [7, 11) is 4.26. The van der Waals surface area contributed by atoms with Gasteiger partial charge in [-0.1, -0.05) is 0 Å². The lowest BCUT2D eigenvalue weighted by Crippen LogP contribution is -2.29. The molecule has 0 saturated carbocycles. The summed E-state index contributed by atoms with van der Waals surface area (Å²) in [4.78, 5) is 0. The van der Waals surface area contributed by atoms with Crippen LogP contribution in [-0.2, 0) is 0 Å². The molecule has 14 heavy (non-hydrogen) atoms. The number of halogens is 1. The van der Waals surface area contributed by atoms with Gasteiger partial charge in [0.25, 0.3) is 5.75 Å². The number of hydrogen-bond acceptors (Lipinski definition) is 4. The predicted molar refractivity (Wildman–Crippen MR) is 51.6 cm³/mol. The third-order valence-electron chi connectivity index (χ3n) is 1.59. The van der Waals surface area contributed by atoms with Crippen molar-refractivity contribution >= 4 is 15.9 Å². The Kier molecular flexibility index (Phi) is 3.40. The van der Waals surface area contributed by atoms with Gasteiger partial charge < -0.3 is 19.4 Å². The van der Waals surface area contributed by atoms with Crippen LogP contribution in [0.3, 0.4) is 0 Å². The van der Waals surface area contributed by atoms with Gasteiger partial charge in [-0.25, -0.2) is 0 Å². The van der Waals surface area contributed by atoms with Crippen molar-refractivity contribution in [2.45, 2.75) is 0 Å². The second-order valence-corrected chi connectivity index (χ2v) is 3.09. The van der Waals surface area contributed by atoms with E-state index in [0.717, 1.165) is 0 Å². The van der Waals surface area contributed by atoms with Gasteiger partial charge in [-0.05, 0) is 15.9 Å². The molecule has 5 nitrogen and oxygen atoms in total. The molecule has 1 radical (unpaired) electrons.